The molecule has 18 heteroatoms. The quantitative estimate of drug-likeness (QED) is 0.0787. The standard InChI is InChI=1S/C55H64F4N6O8/c1-5-67-49-39(45(56)47(58)43(51(49)69-7-3)35-15-11-9-12-16-35)29-62-31-54(32-62)27-41(60-72-54)64-23-19-37(20-24-64)53(66)71-38-21-25-65(26-22-38)42-28-55(73-61-42)33-63(34-55)30-40-46(57)48(59)44(36-17-13-10-14-18-36)52(70-8-4)50(40)68-6-2/h9-18,37-38H,5-8,19-34H2,1-4H3. The molecule has 0 amide bonds. The lowest BCUT2D eigenvalue weighted by Gasteiger charge is -2.45. The summed E-state index contributed by atoms with van der Waals surface area (Å²) in [7, 11) is 0. The number of benzene rings is 4. The van der Waals surface area contributed by atoms with Crippen molar-refractivity contribution in [3.05, 3.63) is 95.1 Å². The molecule has 0 N–H and O–H groups in total. The normalized spacial score (nSPS) is 19.7. The summed E-state index contributed by atoms with van der Waals surface area (Å²) in [5.74, 6) is -1.76. The van der Waals surface area contributed by atoms with Gasteiger partial charge in [-0.2, -0.15) is 0 Å². The molecule has 4 saturated heterocycles. The van der Waals surface area contributed by atoms with Gasteiger partial charge in [-0.25, -0.2) is 17.6 Å². The van der Waals surface area contributed by atoms with Crippen LogP contribution in [0.15, 0.2) is 71.0 Å². The van der Waals surface area contributed by atoms with E-state index < -0.39 is 34.5 Å². The fourth-order valence-electron chi connectivity index (χ4n) is 11.3. The molecule has 0 aliphatic carbocycles. The largest absolute Gasteiger partial charge is 0.490 e. The number of likely N-dealkylation sites (tertiary alicyclic amines) is 4. The maximum Gasteiger partial charge on any atom is 0.309 e. The highest BCUT2D eigenvalue weighted by Crippen LogP contribution is 2.48. The van der Waals surface area contributed by atoms with Crippen LogP contribution in [0.3, 0.4) is 0 Å². The number of amidine groups is 2. The summed E-state index contributed by atoms with van der Waals surface area (Å²) in [5.41, 5.74) is 0.187. The number of halogens is 4. The van der Waals surface area contributed by atoms with Crippen LogP contribution in [0.25, 0.3) is 22.3 Å². The van der Waals surface area contributed by atoms with Crippen LogP contribution >= 0.6 is 0 Å². The van der Waals surface area contributed by atoms with Crippen LogP contribution < -0.4 is 18.9 Å². The number of hydrogen-bond acceptors (Lipinski definition) is 14. The van der Waals surface area contributed by atoms with Gasteiger partial charge in [0.15, 0.2) is 57.5 Å². The zero-order chi connectivity index (χ0) is 50.9. The molecule has 4 fully saturated rings. The molecule has 6 aliphatic rings. The zero-order valence-electron chi connectivity index (χ0n) is 42.0. The Kier molecular flexibility index (Phi) is 14.7. The summed E-state index contributed by atoms with van der Waals surface area (Å²) in [4.78, 5) is 33.9. The minimum atomic E-state index is -0.971. The highest BCUT2D eigenvalue weighted by atomic mass is 19.2. The number of piperidine rings is 2. The first-order valence-corrected chi connectivity index (χ1v) is 25.8. The topological polar surface area (TPSA) is 119 Å². The summed E-state index contributed by atoms with van der Waals surface area (Å²) < 4.78 is 93.6. The fraction of sp³-hybridized carbons (Fsp3) is 0.509. The molecule has 0 aromatic heterocycles. The van der Waals surface area contributed by atoms with E-state index in [0.29, 0.717) is 102 Å². The van der Waals surface area contributed by atoms with Crippen molar-refractivity contribution in [2.45, 2.75) is 96.6 Å². The van der Waals surface area contributed by atoms with Crippen LogP contribution in [0.5, 0.6) is 23.0 Å². The van der Waals surface area contributed by atoms with Crippen LogP contribution in [-0.4, -0.2) is 133 Å². The Bertz CT molecular complexity index is 2700. The first kappa shape index (κ1) is 50.3. The Morgan fingerprint density at radius 2 is 0.945 bits per heavy atom. The van der Waals surface area contributed by atoms with Gasteiger partial charge in [-0.15, -0.1) is 0 Å². The van der Waals surface area contributed by atoms with E-state index in [9.17, 15) is 4.79 Å². The van der Waals surface area contributed by atoms with E-state index >= 15 is 17.6 Å². The van der Waals surface area contributed by atoms with Gasteiger partial charge in [-0.3, -0.25) is 14.6 Å². The first-order chi connectivity index (χ1) is 35.5. The molecule has 4 aromatic carbocycles. The van der Waals surface area contributed by atoms with Crippen LogP contribution in [0.2, 0.25) is 0 Å². The molecule has 4 aromatic rings. The van der Waals surface area contributed by atoms with Crippen molar-refractivity contribution in [2.75, 3.05) is 78.8 Å². The van der Waals surface area contributed by atoms with Crippen molar-refractivity contribution in [3.8, 4) is 45.3 Å². The minimum Gasteiger partial charge on any atom is -0.490 e. The van der Waals surface area contributed by atoms with Gasteiger partial charge in [0, 0.05) is 78.3 Å². The molecular weight excluding hydrogens is 949 g/mol. The third kappa shape index (κ3) is 9.96. The molecule has 73 heavy (non-hydrogen) atoms. The molecular formula is C55H64F4N6O8. The molecule has 390 valence electrons. The van der Waals surface area contributed by atoms with Crippen LogP contribution in [0.1, 0.15) is 77.3 Å². The van der Waals surface area contributed by atoms with Crippen molar-refractivity contribution in [2.24, 2.45) is 16.2 Å². The predicted octanol–water partition coefficient (Wildman–Crippen LogP) is 9.17. The summed E-state index contributed by atoms with van der Waals surface area (Å²) in [5, 5.41) is 8.96. The molecule has 6 heterocycles. The number of nitrogens with zero attached hydrogens (tertiary/aromatic N) is 6. The number of ether oxygens (including phenoxy) is 5. The van der Waals surface area contributed by atoms with Crippen molar-refractivity contribution in [1.82, 2.24) is 19.6 Å². The Balaban J connectivity index is 0.664. The number of rotatable bonds is 16. The molecule has 0 radical (unpaired) electrons. The number of hydrogen-bond donors (Lipinski definition) is 0. The third-order valence-corrected chi connectivity index (χ3v) is 14.8. The highest BCUT2D eigenvalue weighted by molar-refractivity contribution is 5.85. The van der Waals surface area contributed by atoms with Crippen molar-refractivity contribution < 1.29 is 55.7 Å². The Labute approximate surface area is 423 Å². The molecule has 10 rings (SSSR count). The second-order valence-electron chi connectivity index (χ2n) is 19.8. The molecule has 2 spiro atoms. The van der Waals surface area contributed by atoms with E-state index in [1.165, 1.54) is 0 Å². The SMILES string of the molecule is CCOc1c(CN2CC3(CC(N4CCC(OC(=O)C5CCN(C6=NOC7(C6)CN(Cc6c(F)c(F)c(-c8ccccc8)c(OCC)c6OCC)C7)CC5)CC4)=NO3)C2)c(F)c(F)c(-c2ccccc2)c1OCC. The first-order valence-electron chi connectivity index (χ1n) is 25.8. The van der Waals surface area contributed by atoms with Gasteiger partial charge in [0.2, 0.25) is 0 Å². The van der Waals surface area contributed by atoms with E-state index in [-0.39, 0.29) is 103 Å². The zero-order valence-corrected chi connectivity index (χ0v) is 42.0. The third-order valence-electron chi connectivity index (χ3n) is 14.8. The van der Waals surface area contributed by atoms with E-state index in [1.54, 1.807) is 76.2 Å². The highest BCUT2D eigenvalue weighted by Gasteiger charge is 2.53. The van der Waals surface area contributed by atoms with Crippen LogP contribution in [-0.2, 0) is 32.3 Å². The number of oxime groups is 2. The van der Waals surface area contributed by atoms with Gasteiger partial charge >= 0.3 is 5.97 Å². The number of carbonyl (C=O) groups is 1. The molecule has 0 bridgehead atoms. The Morgan fingerprint density at radius 1 is 0.562 bits per heavy atom. The lowest BCUT2D eigenvalue weighted by atomic mass is 9.88. The van der Waals surface area contributed by atoms with Crippen LogP contribution in [0.4, 0.5) is 17.6 Å². The number of carbonyl (C=O) groups excluding carboxylic acids is 1. The maximum absolute atomic E-state index is 16.0. The maximum atomic E-state index is 16.0. The van der Waals surface area contributed by atoms with E-state index in [2.05, 4.69) is 20.1 Å². The molecule has 6 aliphatic heterocycles. The lowest BCUT2D eigenvalue weighted by molar-refractivity contribution is -0.157. The summed E-state index contributed by atoms with van der Waals surface area (Å²) in [6.07, 6.45) is 3.58. The molecule has 0 saturated carbocycles. The minimum absolute atomic E-state index is 0.0431. The Morgan fingerprint density at radius 3 is 1.34 bits per heavy atom. The van der Waals surface area contributed by atoms with E-state index in [4.69, 9.17) is 33.4 Å². The second-order valence-corrected chi connectivity index (χ2v) is 19.8. The molecule has 0 atom stereocenters. The predicted molar refractivity (Wildman–Crippen MR) is 266 cm³/mol. The van der Waals surface area contributed by atoms with Gasteiger partial charge in [0.25, 0.3) is 0 Å². The second kappa shape index (κ2) is 21.3. The van der Waals surface area contributed by atoms with Gasteiger partial charge in [0.1, 0.15) is 17.8 Å². The number of esters is 1. The van der Waals surface area contributed by atoms with Crippen LogP contribution in [0, 0.1) is 29.2 Å². The molecule has 0 unspecified atom stereocenters. The van der Waals surface area contributed by atoms with Gasteiger partial charge in [0.05, 0.1) is 67.4 Å². The van der Waals surface area contributed by atoms with Crippen molar-refractivity contribution in [1.29, 1.82) is 0 Å². The molecule has 14 nitrogen and oxygen atoms in total. The summed E-state index contributed by atoms with van der Waals surface area (Å²) >= 11 is 0. The van der Waals surface area contributed by atoms with Crippen molar-refractivity contribution >= 4 is 17.6 Å². The van der Waals surface area contributed by atoms with Gasteiger partial charge in [-0.05, 0) is 51.7 Å². The van der Waals surface area contributed by atoms with Crippen molar-refractivity contribution in [3.63, 3.8) is 0 Å². The fourth-order valence-corrected chi connectivity index (χ4v) is 11.3. The smallest absolute Gasteiger partial charge is 0.309 e. The monoisotopic (exact) mass is 1010 g/mol. The van der Waals surface area contributed by atoms with Gasteiger partial charge < -0.3 is 43.2 Å². The Hall–Kier alpha value is -6.27. The van der Waals surface area contributed by atoms with Gasteiger partial charge in [-0.1, -0.05) is 71.0 Å². The summed E-state index contributed by atoms with van der Waals surface area (Å²) in [6.45, 7) is 13.0. The van der Waals surface area contributed by atoms with E-state index in [0.717, 1.165) is 11.7 Å². The average molecular weight is 1010 g/mol. The summed E-state index contributed by atoms with van der Waals surface area (Å²) in [6, 6.07) is 17.6. The lowest BCUT2D eigenvalue weighted by Crippen LogP contribution is -2.61. The average Bonchev–Trinajstić information content (AvgIpc) is 4.04. The van der Waals surface area contributed by atoms with E-state index in [1.807, 2.05) is 21.9 Å².